The molecule has 0 heterocycles. The van der Waals surface area contributed by atoms with Crippen molar-refractivity contribution in [1.82, 2.24) is 0 Å². The highest BCUT2D eigenvalue weighted by molar-refractivity contribution is 7.63. The van der Waals surface area contributed by atoms with Crippen LogP contribution in [0.25, 0.3) is 0 Å². The van der Waals surface area contributed by atoms with E-state index in [0.717, 1.165) is 0 Å². The van der Waals surface area contributed by atoms with Gasteiger partial charge in [0.1, 0.15) is 0 Å². The van der Waals surface area contributed by atoms with E-state index in [2.05, 4.69) is 0 Å². The normalized spacial score (nSPS) is 19.0. The van der Waals surface area contributed by atoms with Crippen molar-refractivity contribution in [2.45, 2.75) is 27.7 Å². The molecule has 0 aliphatic rings. The van der Waals surface area contributed by atoms with Gasteiger partial charge >= 0.3 is 0 Å². The molecular formula is C10H24O4P2. The van der Waals surface area contributed by atoms with Gasteiger partial charge in [0.15, 0.2) is 0 Å². The van der Waals surface area contributed by atoms with Gasteiger partial charge in [-0.15, -0.1) is 0 Å². The van der Waals surface area contributed by atoms with E-state index in [9.17, 15) is 9.13 Å². The quantitative estimate of drug-likeness (QED) is 0.600. The van der Waals surface area contributed by atoms with Crippen LogP contribution in [0.2, 0.25) is 0 Å². The van der Waals surface area contributed by atoms with Crippen molar-refractivity contribution in [3.8, 4) is 0 Å². The summed E-state index contributed by atoms with van der Waals surface area (Å²) in [6, 6.07) is 0. The Hall–Kier alpha value is 0.380. The molecule has 0 saturated carbocycles. The summed E-state index contributed by atoms with van der Waals surface area (Å²) in [5, 5.41) is 0. The highest BCUT2D eigenvalue weighted by Crippen LogP contribution is 2.53. The zero-order valence-electron chi connectivity index (χ0n) is 10.8. The van der Waals surface area contributed by atoms with Gasteiger partial charge in [-0.05, 0) is 13.8 Å². The minimum atomic E-state index is -2.59. The summed E-state index contributed by atoms with van der Waals surface area (Å²) in [4.78, 5) is 0. The Labute approximate surface area is 99.0 Å². The first-order chi connectivity index (χ1) is 7.45. The topological polar surface area (TPSA) is 52.6 Å². The van der Waals surface area contributed by atoms with Gasteiger partial charge in [0.05, 0.1) is 13.2 Å². The minimum Gasteiger partial charge on any atom is -0.329 e. The molecule has 0 bridgehead atoms. The molecule has 98 valence electrons. The third-order valence-corrected chi connectivity index (χ3v) is 8.02. The largest absolute Gasteiger partial charge is 0.329 e. The summed E-state index contributed by atoms with van der Waals surface area (Å²) in [5.74, 6) is 0. The van der Waals surface area contributed by atoms with Crippen molar-refractivity contribution in [2.24, 2.45) is 0 Å². The van der Waals surface area contributed by atoms with Gasteiger partial charge < -0.3 is 9.05 Å². The average molecular weight is 270 g/mol. The van der Waals surface area contributed by atoms with E-state index in [0.29, 0.717) is 37.9 Å². The summed E-state index contributed by atoms with van der Waals surface area (Å²) in [6.45, 7) is 8.21. The Morgan fingerprint density at radius 3 is 1.25 bits per heavy atom. The molecule has 0 fully saturated rings. The van der Waals surface area contributed by atoms with Crippen LogP contribution in [-0.4, -0.2) is 37.9 Å². The lowest BCUT2D eigenvalue weighted by Gasteiger charge is -2.20. The molecule has 0 N–H and O–H groups in total. The van der Waals surface area contributed by atoms with E-state index in [-0.39, 0.29) is 0 Å². The Morgan fingerprint density at radius 2 is 1.06 bits per heavy atom. The summed E-state index contributed by atoms with van der Waals surface area (Å²) < 4.78 is 34.9. The van der Waals surface area contributed by atoms with Crippen molar-refractivity contribution in [1.29, 1.82) is 0 Å². The minimum absolute atomic E-state index is 0.364. The third-order valence-electron chi connectivity index (χ3n) is 2.47. The van der Waals surface area contributed by atoms with Crippen LogP contribution in [0.15, 0.2) is 0 Å². The molecule has 0 aliphatic carbocycles. The lowest BCUT2D eigenvalue weighted by molar-refractivity contribution is 0.327. The predicted molar refractivity (Wildman–Crippen MR) is 69.3 cm³/mol. The molecular weight excluding hydrogens is 246 g/mol. The molecule has 0 saturated heterocycles. The lowest BCUT2D eigenvalue weighted by atomic mass is 10.9. The maximum Gasteiger partial charge on any atom is 0.203 e. The molecule has 16 heavy (non-hydrogen) atoms. The number of hydrogen-bond acceptors (Lipinski definition) is 4. The van der Waals surface area contributed by atoms with E-state index >= 15 is 0 Å². The number of rotatable bonds is 9. The fourth-order valence-electron chi connectivity index (χ4n) is 1.40. The third kappa shape index (κ3) is 5.63. The van der Waals surface area contributed by atoms with E-state index in [1.54, 1.807) is 0 Å². The molecule has 2 atom stereocenters. The van der Waals surface area contributed by atoms with Crippen molar-refractivity contribution >= 4 is 14.7 Å². The fourth-order valence-corrected chi connectivity index (χ4v) is 6.04. The molecule has 0 spiro atoms. The Balaban J connectivity index is 4.39. The van der Waals surface area contributed by atoms with Gasteiger partial charge in [0.2, 0.25) is 14.7 Å². The summed E-state index contributed by atoms with van der Waals surface area (Å²) >= 11 is 0. The van der Waals surface area contributed by atoms with Crippen molar-refractivity contribution in [3.63, 3.8) is 0 Å². The van der Waals surface area contributed by atoms with Gasteiger partial charge in [-0.1, -0.05) is 13.8 Å². The van der Waals surface area contributed by atoms with Gasteiger partial charge in [-0.2, -0.15) is 0 Å². The second kappa shape index (κ2) is 7.66. The van der Waals surface area contributed by atoms with Gasteiger partial charge in [0, 0.05) is 24.6 Å². The molecule has 0 rings (SSSR count). The van der Waals surface area contributed by atoms with Crippen LogP contribution in [0, 0.1) is 0 Å². The maximum atomic E-state index is 12.1. The zero-order chi connectivity index (χ0) is 12.7. The van der Waals surface area contributed by atoms with Crippen LogP contribution in [0.1, 0.15) is 27.7 Å². The van der Waals surface area contributed by atoms with Crippen LogP contribution in [0.5, 0.6) is 0 Å². The average Bonchev–Trinajstić information content (AvgIpc) is 2.27. The molecule has 0 aromatic heterocycles. The number of hydrogen-bond donors (Lipinski definition) is 0. The first-order valence-corrected chi connectivity index (χ1v) is 9.89. The van der Waals surface area contributed by atoms with E-state index in [4.69, 9.17) is 9.05 Å². The molecule has 6 heteroatoms. The maximum absolute atomic E-state index is 12.1. The monoisotopic (exact) mass is 270 g/mol. The molecule has 0 radical (unpaired) electrons. The highest BCUT2D eigenvalue weighted by Gasteiger charge is 2.27. The van der Waals surface area contributed by atoms with E-state index < -0.39 is 14.7 Å². The molecule has 2 unspecified atom stereocenters. The second-order valence-corrected chi connectivity index (χ2v) is 9.48. The molecule has 0 aromatic carbocycles. The Kier molecular flexibility index (Phi) is 7.84. The van der Waals surface area contributed by atoms with E-state index in [1.165, 1.54) is 0 Å². The van der Waals surface area contributed by atoms with Crippen molar-refractivity contribution in [3.05, 3.63) is 0 Å². The Morgan fingerprint density at radius 1 is 0.750 bits per heavy atom. The summed E-state index contributed by atoms with van der Waals surface area (Å²) in [7, 11) is -5.17. The van der Waals surface area contributed by atoms with Gasteiger partial charge in [0.25, 0.3) is 0 Å². The molecule has 4 nitrogen and oxygen atoms in total. The first kappa shape index (κ1) is 16.4. The van der Waals surface area contributed by atoms with E-state index in [1.807, 2.05) is 27.7 Å². The van der Waals surface area contributed by atoms with Crippen LogP contribution in [-0.2, 0) is 18.2 Å². The van der Waals surface area contributed by atoms with Crippen molar-refractivity contribution < 1.29 is 18.2 Å². The highest BCUT2D eigenvalue weighted by atomic mass is 31.2. The first-order valence-electron chi connectivity index (χ1n) is 5.90. The lowest BCUT2D eigenvalue weighted by Crippen LogP contribution is -2.06. The smallest absolute Gasteiger partial charge is 0.203 e. The SMILES string of the molecule is CCOP(=O)(CC)CCP(=O)(CC)OCC. The Bertz CT molecular complexity index is 250. The summed E-state index contributed by atoms with van der Waals surface area (Å²) in [6.07, 6.45) is 1.72. The van der Waals surface area contributed by atoms with Crippen LogP contribution >= 0.6 is 14.7 Å². The molecule has 0 aromatic rings. The van der Waals surface area contributed by atoms with Gasteiger partial charge in [-0.3, -0.25) is 9.13 Å². The zero-order valence-corrected chi connectivity index (χ0v) is 12.6. The fraction of sp³-hybridized carbons (Fsp3) is 1.00. The van der Waals surface area contributed by atoms with Crippen LogP contribution in [0.4, 0.5) is 0 Å². The standard InChI is InChI=1S/C10H24O4P2/c1-5-13-15(11,7-3)9-10-16(12,8-4)14-6-2/h5-10H2,1-4H3. The molecule has 0 aliphatic heterocycles. The van der Waals surface area contributed by atoms with Crippen LogP contribution < -0.4 is 0 Å². The predicted octanol–water partition coefficient (Wildman–Crippen LogP) is 3.66. The molecule has 0 amide bonds. The van der Waals surface area contributed by atoms with Gasteiger partial charge in [-0.25, -0.2) is 0 Å². The van der Waals surface area contributed by atoms with Crippen molar-refractivity contribution in [2.75, 3.05) is 37.9 Å². The summed E-state index contributed by atoms with van der Waals surface area (Å²) in [5.41, 5.74) is 0. The van der Waals surface area contributed by atoms with Crippen LogP contribution in [0.3, 0.4) is 0 Å². The second-order valence-electron chi connectivity index (χ2n) is 3.54.